The van der Waals surface area contributed by atoms with Crippen molar-refractivity contribution < 1.29 is 13.2 Å². The standard InChI is InChI=1S/C17H25N5O3S2/c1-12(2)16(22-11-18-10-19-22)17(23)20-5-7-21(8-6-20)27(24,25)15-9-13(3)26-14(15)4/h9-12,16H,5-8H2,1-4H3. The molecule has 3 rings (SSSR count). The van der Waals surface area contributed by atoms with Crippen LogP contribution in [0.3, 0.4) is 0 Å². The van der Waals surface area contributed by atoms with Gasteiger partial charge >= 0.3 is 0 Å². The molecule has 2 aromatic heterocycles. The molecule has 1 aliphatic rings. The fourth-order valence-corrected chi connectivity index (χ4v) is 6.35. The van der Waals surface area contributed by atoms with Gasteiger partial charge in [-0.2, -0.15) is 9.40 Å². The van der Waals surface area contributed by atoms with Crippen LogP contribution in [0.1, 0.15) is 29.6 Å². The summed E-state index contributed by atoms with van der Waals surface area (Å²) in [6, 6.07) is 1.30. The van der Waals surface area contributed by atoms with Crippen LogP contribution in [0.25, 0.3) is 0 Å². The van der Waals surface area contributed by atoms with Crippen LogP contribution < -0.4 is 0 Å². The average Bonchev–Trinajstić information content (AvgIpc) is 3.24. The van der Waals surface area contributed by atoms with Gasteiger partial charge in [-0.3, -0.25) is 4.79 Å². The van der Waals surface area contributed by atoms with Crippen molar-refractivity contribution in [2.45, 2.75) is 38.6 Å². The molecule has 0 spiro atoms. The molecule has 1 saturated heterocycles. The number of thiophene rings is 1. The number of aryl methyl sites for hydroxylation is 2. The smallest absolute Gasteiger partial charge is 0.247 e. The van der Waals surface area contributed by atoms with E-state index in [0.29, 0.717) is 31.1 Å². The highest BCUT2D eigenvalue weighted by Gasteiger charge is 2.35. The molecule has 3 heterocycles. The van der Waals surface area contributed by atoms with Crippen molar-refractivity contribution in [2.24, 2.45) is 5.92 Å². The minimum Gasteiger partial charge on any atom is -0.338 e. The quantitative estimate of drug-likeness (QED) is 0.747. The van der Waals surface area contributed by atoms with Crippen molar-refractivity contribution in [3.63, 3.8) is 0 Å². The Hall–Kier alpha value is -1.78. The monoisotopic (exact) mass is 411 g/mol. The molecular weight excluding hydrogens is 386 g/mol. The molecule has 1 atom stereocenters. The third kappa shape index (κ3) is 3.92. The Morgan fingerprint density at radius 2 is 1.85 bits per heavy atom. The lowest BCUT2D eigenvalue weighted by atomic mass is 10.0. The van der Waals surface area contributed by atoms with Gasteiger partial charge in [-0.1, -0.05) is 13.8 Å². The first-order valence-electron chi connectivity index (χ1n) is 8.92. The van der Waals surface area contributed by atoms with Gasteiger partial charge in [-0.25, -0.2) is 18.1 Å². The van der Waals surface area contributed by atoms with Crippen LogP contribution in [0.4, 0.5) is 0 Å². The first-order valence-corrected chi connectivity index (χ1v) is 11.2. The summed E-state index contributed by atoms with van der Waals surface area (Å²) in [6.45, 7) is 9.00. The zero-order valence-electron chi connectivity index (χ0n) is 16.0. The number of hydrogen-bond donors (Lipinski definition) is 0. The molecule has 0 saturated carbocycles. The lowest BCUT2D eigenvalue weighted by Crippen LogP contribution is -2.52. The Balaban J connectivity index is 1.71. The zero-order chi connectivity index (χ0) is 19.8. The van der Waals surface area contributed by atoms with Crippen molar-refractivity contribution in [3.8, 4) is 0 Å². The van der Waals surface area contributed by atoms with Crippen LogP contribution in [-0.4, -0.2) is 64.5 Å². The lowest BCUT2D eigenvalue weighted by Gasteiger charge is -2.36. The maximum Gasteiger partial charge on any atom is 0.247 e. The maximum atomic E-state index is 13.0. The van der Waals surface area contributed by atoms with E-state index in [4.69, 9.17) is 0 Å². The highest BCUT2D eigenvalue weighted by atomic mass is 32.2. The highest BCUT2D eigenvalue weighted by molar-refractivity contribution is 7.89. The Bertz CT molecular complexity index is 897. The second-order valence-corrected chi connectivity index (χ2v) is 10.4. The first kappa shape index (κ1) is 20.0. The third-order valence-electron chi connectivity index (χ3n) is 4.77. The molecule has 1 fully saturated rings. The Kier molecular flexibility index (Phi) is 5.68. The molecule has 0 bridgehead atoms. The molecule has 0 radical (unpaired) electrons. The van der Waals surface area contributed by atoms with Gasteiger partial charge in [-0.05, 0) is 25.8 Å². The van der Waals surface area contributed by atoms with Crippen LogP contribution in [0, 0.1) is 19.8 Å². The molecule has 1 amide bonds. The van der Waals surface area contributed by atoms with Crippen LogP contribution >= 0.6 is 11.3 Å². The van der Waals surface area contributed by atoms with Gasteiger partial charge < -0.3 is 4.90 Å². The van der Waals surface area contributed by atoms with Crippen molar-refractivity contribution in [2.75, 3.05) is 26.2 Å². The van der Waals surface area contributed by atoms with E-state index < -0.39 is 16.1 Å². The summed E-state index contributed by atoms with van der Waals surface area (Å²) >= 11 is 1.49. The zero-order valence-corrected chi connectivity index (χ0v) is 17.6. The minimum atomic E-state index is -3.52. The fourth-order valence-electron chi connectivity index (χ4n) is 3.40. The fraction of sp³-hybridized carbons (Fsp3) is 0.588. The summed E-state index contributed by atoms with van der Waals surface area (Å²) < 4.78 is 28.9. The van der Waals surface area contributed by atoms with Crippen molar-refractivity contribution in [1.82, 2.24) is 24.0 Å². The number of sulfonamides is 1. The number of aromatic nitrogens is 3. The summed E-state index contributed by atoms with van der Waals surface area (Å²) in [7, 11) is -3.52. The number of nitrogens with zero attached hydrogens (tertiary/aromatic N) is 5. The number of carbonyl (C=O) groups is 1. The summed E-state index contributed by atoms with van der Waals surface area (Å²) in [5.41, 5.74) is 0. The second kappa shape index (κ2) is 7.69. The van der Waals surface area contributed by atoms with E-state index >= 15 is 0 Å². The van der Waals surface area contributed by atoms with Crippen molar-refractivity contribution in [3.05, 3.63) is 28.5 Å². The number of amides is 1. The third-order valence-corrected chi connectivity index (χ3v) is 7.89. The largest absolute Gasteiger partial charge is 0.338 e. The molecule has 2 aromatic rings. The predicted molar refractivity (Wildman–Crippen MR) is 103 cm³/mol. The second-order valence-electron chi connectivity index (χ2n) is 7.07. The number of rotatable bonds is 5. The van der Waals surface area contributed by atoms with Gasteiger partial charge in [-0.15, -0.1) is 11.3 Å². The number of carbonyl (C=O) groups excluding carboxylic acids is 1. The van der Waals surface area contributed by atoms with E-state index in [2.05, 4.69) is 10.1 Å². The molecule has 1 aliphatic heterocycles. The topological polar surface area (TPSA) is 88.4 Å². The molecule has 10 heteroatoms. The SMILES string of the molecule is Cc1cc(S(=O)(=O)N2CCN(C(=O)C(C(C)C)n3cncn3)CC2)c(C)s1. The minimum absolute atomic E-state index is 0.0462. The van der Waals surface area contributed by atoms with E-state index in [1.165, 1.54) is 22.0 Å². The normalized spacial score (nSPS) is 17.4. The Morgan fingerprint density at radius 1 is 1.19 bits per heavy atom. The maximum absolute atomic E-state index is 13.0. The Labute approximate surface area is 163 Å². The molecule has 148 valence electrons. The van der Waals surface area contributed by atoms with E-state index in [1.54, 1.807) is 22.0 Å². The molecule has 27 heavy (non-hydrogen) atoms. The van der Waals surface area contributed by atoms with Crippen LogP contribution in [0.15, 0.2) is 23.6 Å². The molecule has 0 aromatic carbocycles. The van der Waals surface area contributed by atoms with Crippen molar-refractivity contribution >= 4 is 27.3 Å². The van der Waals surface area contributed by atoms with Crippen LogP contribution in [0.2, 0.25) is 0 Å². The predicted octanol–water partition coefficient (Wildman–Crippen LogP) is 1.69. The van der Waals surface area contributed by atoms with Gasteiger partial charge in [0.25, 0.3) is 0 Å². The number of hydrogen-bond acceptors (Lipinski definition) is 6. The van der Waals surface area contributed by atoms with Gasteiger partial charge in [0.15, 0.2) is 0 Å². The number of piperazine rings is 1. The van der Waals surface area contributed by atoms with Crippen molar-refractivity contribution in [1.29, 1.82) is 0 Å². The van der Waals surface area contributed by atoms with Crippen LogP contribution in [0.5, 0.6) is 0 Å². The van der Waals surface area contributed by atoms with E-state index in [0.717, 1.165) is 9.75 Å². The summed E-state index contributed by atoms with van der Waals surface area (Å²) in [5.74, 6) is 0.00694. The molecule has 0 aliphatic carbocycles. The van der Waals surface area contributed by atoms with E-state index in [9.17, 15) is 13.2 Å². The van der Waals surface area contributed by atoms with E-state index in [-0.39, 0.29) is 11.8 Å². The molecule has 1 unspecified atom stereocenters. The van der Waals surface area contributed by atoms with Crippen LogP contribution in [-0.2, 0) is 14.8 Å². The highest BCUT2D eigenvalue weighted by Crippen LogP contribution is 2.28. The van der Waals surface area contributed by atoms with Gasteiger partial charge in [0.05, 0.1) is 4.90 Å². The summed E-state index contributed by atoms with van der Waals surface area (Å²) in [4.78, 5) is 20.8. The Morgan fingerprint density at radius 3 is 2.33 bits per heavy atom. The van der Waals surface area contributed by atoms with Gasteiger partial charge in [0, 0.05) is 35.9 Å². The van der Waals surface area contributed by atoms with Gasteiger partial charge in [0.1, 0.15) is 18.7 Å². The summed E-state index contributed by atoms with van der Waals surface area (Å²) in [5, 5.41) is 4.11. The average molecular weight is 412 g/mol. The first-order chi connectivity index (χ1) is 12.7. The molecule has 0 N–H and O–H groups in total. The molecular formula is C17H25N5O3S2. The summed E-state index contributed by atoms with van der Waals surface area (Å²) in [6.07, 6.45) is 2.96. The van der Waals surface area contributed by atoms with E-state index in [1.807, 2.05) is 27.7 Å². The lowest BCUT2D eigenvalue weighted by molar-refractivity contribution is -0.137. The molecule has 8 nitrogen and oxygen atoms in total. The van der Waals surface area contributed by atoms with Gasteiger partial charge in [0.2, 0.25) is 15.9 Å².